The summed E-state index contributed by atoms with van der Waals surface area (Å²) in [6, 6.07) is 15.9. The molecule has 8 heteroatoms. The van der Waals surface area contributed by atoms with Gasteiger partial charge < -0.3 is 18.4 Å². The van der Waals surface area contributed by atoms with Gasteiger partial charge in [-0.25, -0.2) is 0 Å². The fraction of sp³-hybridized carbons (Fsp3) is 0.100. The lowest BCUT2D eigenvalue weighted by molar-refractivity contribution is 0.270. The van der Waals surface area contributed by atoms with Crippen LogP contribution in [0.2, 0.25) is 10.0 Å². The molecular formula is C20H14Cl2N2O4. The molecule has 142 valence electrons. The summed E-state index contributed by atoms with van der Waals surface area (Å²) in [5.41, 5.74) is 0.621. The fourth-order valence-corrected chi connectivity index (χ4v) is 2.99. The largest absolute Gasteiger partial charge is 0.497 e. The van der Waals surface area contributed by atoms with Crippen LogP contribution in [0, 0.1) is 0 Å². The quantitative estimate of drug-likeness (QED) is 0.390. The van der Waals surface area contributed by atoms with E-state index >= 15 is 0 Å². The van der Waals surface area contributed by atoms with E-state index in [1.165, 1.54) is 0 Å². The lowest BCUT2D eigenvalue weighted by Crippen LogP contribution is -1.93. The number of halogens is 2. The number of rotatable bonds is 6. The van der Waals surface area contributed by atoms with E-state index in [1.807, 2.05) is 24.3 Å². The first-order valence-corrected chi connectivity index (χ1v) is 9.03. The van der Waals surface area contributed by atoms with Crippen molar-refractivity contribution in [3.05, 3.63) is 70.4 Å². The maximum absolute atomic E-state index is 6.19. The summed E-state index contributed by atoms with van der Waals surface area (Å²) in [5, 5.41) is 4.93. The van der Waals surface area contributed by atoms with Crippen molar-refractivity contribution in [2.45, 2.75) is 6.61 Å². The minimum Gasteiger partial charge on any atom is -0.497 e. The van der Waals surface area contributed by atoms with Gasteiger partial charge in [0.1, 0.15) is 23.9 Å². The van der Waals surface area contributed by atoms with Crippen molar-refractivity contribution in [2.75, 3.05) is 7.11 Å². The molecule has 0 radical (unpaired) electrons. The highest BCUT2D eigenvalue weighted by atomic mass is 35.5. The number of ether oxygens (including phenoxy) is 2. The highest BCUT2D eigenvalue weighted by molar-refractivity contribution is 6.36. The van der Waals surface area contributed by atoms with Crippen LogP contribution in [0.3, 0.4) is 0 Å². The second kappa shape index (κ2) is 7.96. The molecule has 0 unspecified atom stereocenters. The molecule has 6 nitrogen and oxygen atoms in total. The van der Waals surface area contributed by atoms with Gasteiger partial charge >= 0.3 is 0 Å². The summed E-state index contributed by atoms with van der Waals surface area (Å²) >= 11 is 12.1. The Kier molecular flexibility index (Phi) is 5.23. The molecule has 0 N–H and O–H groups in total. The standard InChI is InChI=1S/C20H14Cl2N2O4/c1-25-13-3-5-14(6-4-13)26-11-15-7-9-18(27-15)20-23-19(24-28-20)16-8-2-12(21)10-17(16)22/h2-10H,11H2,1H3. The van der Waals surface area contributed by atoms with Gasteiger partial charge in [0, 0.05) is 10.6 Å². The molecule has 0 aliphatic heterocycles. The minimum atomic E-state index is 0.247. The minimum absolute atomic E-state index is 0.247. The van der Waals surface area contributed by atoms with E-state index in [9.17, 15) is 0 Å². The van der Waals surface area contributed by atoms with Crippen LogP contribution in [0.25, 0.3) is 23.0 Å². The van der Waals surface area contributed by atoms with Gasteiger partial charge in [0.05, 0.1) is 12.1 Å². The van der Waals surface area contributed by atoms with Crippen molar-refractivity contribution < 1.29 is 18.4 Å². The number of hydrogen-bond donors (Lipinski definition) is 0. The van der Waals surface area contributed by atoms with Crippen molar-refractivity contribution in [2.24, 2.45) is 0 Å². The summed E-state index contributed by atoms with van der Waals surface area (Å²) in [6.45, 7) is 0.260. The van der Waals surface area contributed by atoms with Crippen LogP contribution < -0.4 is 9.47 Å². The number of hydrogen-bond acceptors (Lipinski definition) is 6. The Morgan fingerprint density at radius 2 is 1.75 bits per heavy atom. The van der Waals surface area contributed by atoms with E-state index in [2.05, 4.69) is 10.1 Å². The van der Waals surface area contributed by atoms with Crippen molar-refractivity contribution in [1.82, 2.24) is 10.1 Å². The molecule has 0 atom stereocenters. The number of methoxy groups -OCH3 is 1. The third kappa shape index (κ3) is 3.98. The normalized spacial score (nSPS) is 10.8. The van der Waals surface area contributed by atoms with Gasteiger partial charge in [0.25, 0.3) is 5.89 Å². The van der Waals surface area contributed by atoms with E-state index in [4.69, 9.17) is 41.6 Å². The van der Waals surface area contributed by atoms with Crippen LogP contribution in [-0.4, -0.2) is 17.3 Å². The number of benzene rings is 2. The zero-order valence-corrected chi connectivity index (χ0v) is 16.2. The zero-order valence-electron chi connectivity index (χ0n) is 14.7. The van der Waals surface area contributed by atoms with Gasteiger partial charge in [0.2, 0.25) is 5.82 Å². The maximum atomic E-state index is 6.19. The summed E-state index contributed by atoms with van der Waals surface area (Å²) in [6.07, 6.45) is 0. The van der Waals surface area contributed by atoms with Gasteiger partial charge in [-0.2, -0.15) is 4.98 Å². The lowest BCUT2D eigenvalue weighted by atomic mass is 10.2. The molecule has 2 aromatic carbocycles. The van der Waals surface area contributed by atoms with E-state index in [0.29, 0.717) is 38.7 Å². The fourth-order valence-electron chi connectivity index (χ4n) is 2.50. The monoisotopic (exact) mass is 416 g/mol. The molecule has 4 aromatic rings. The molecule has 0 saturated heterocycles. The average Bonchev–Trinajstić information content (AvgIpc) is 3.36. The number of aromatic nitrogens is 2. The van der Waals surface area contributed by atoms with Crippen LogP contribution in [0.5, 0.6) is 11.5 Å². The van der Waals surface area contributed by atoms with Crippen LogP contribution in [0.15, 0.2) is 63.5 Å². The summed E-state index contributed by atoms with van der Waals surface area (Å²) in [5.74, 6) is 3.13. The number of furan rings is 1. The van der Waals surface area contributed by atoms with Crippen molar-refractivity contribution in [3.63, 3.8) is 0 Å². The Bertz CT molecular complexity index is 1090. The molecule has 0 fully saturated rings. The van der Waals surface area contributed by atoms with Gasteiger partial charge in [-0.3, -0.25) is 0 Å². The van der Waals surface area contributed by atoms with E-state index < -0.39 is 0 Å². The van der Waals surface area contributed by atoms with Gasteiger partial charge in [0.15, 0.2) is 5.76 Å². The predicted molar refractivity (Wildman–Crippen MR) is 105 cm³/mol. The molecule has 28 heavy (non-hydrogen) atoms. The van der Waals surface area contributed by atoms with Crippen LogP contribution >= 0.6 is 23.2 Å². The molecule has 4 rings (SSSR count). The molecule has 0 aliphatic rings. The van der Waals surface area contributed by atoms with E-state index in [1.54, 1.807) is 37.4 Å². The van der Waals surface area contributed by atoms with E-state index in [0.717, 1.165) is 5.75 Å². The zero-order chi connectivity index (χ0) is 19.5. The molecule has 0 saturated carbocycles. The highest BCUT2D eigenvalue weighted by Crippen LogP contribution is 2.30. The highest BCUT2D eigenvalue weighted by Gasteiger charge is 2.16. The van der Waals surface area contributed by atoms with Crippen molar-refractivity contribution in [1.29, 1.82) is 0 Å². The Morgan fingerprint density at radius 3 is 2.50 bits per heavy atom. The molecule has 2 heterocycles. The third-order valence-corrected chi connectivity index (χ3v) is 4.46. The molecule has 0 aliphatic carbocycles. The molecular weight excluding hydrogens is 403 g/mol. The smallest absolute Gasteiger partial charge is 0.293 e. The van der Waals surface area contributed by atoms with Gasteiger partial charge in [-0.15, -0.1) is 0 Å². The van der Waals surface area contributed by atoms with Gasteiger partial charge in [-0.05, 0) is 54.6 Å². The predicted octanol–water partition coefficient (Wildman–Crippen LogP) is 5.89. The SMILES string of the molecule is COc1ccc(OCc2ccc(-c3nc(-c4ccc(Cl)cc4Cl)no3)o2)cc1. The summed E-state index contributed by atoms with van der Waals surface area (Å²) < 4.78 is 21.8. The first kappa shape index (κ1) is 18.4. The topological polar surface area (TPSA) is 70.5 Å². The molecule has 0 spiro atoms. The van der Waals surface area contributed by atoms with Gasteiger partial charge in [-0.1, -0.05) is 28.4 Å². The second-order valence-corrected chi connectivity index (χ2v) is 6.62. The maximum Gasteiger partial charge on any atom is 0.293 e. The van der Waals surface area contributed by atoms with Crippen LogP contribution in [0.1, 0.15) is 5.76 Å². The Hall–Kier alpha value is -2.96. The third-order valence-electron chi connectivity index (χ3n) is 3.91. The van der Waals surface area contributed by atoms with Crippen LogP contribution in [-0.2, 0) is 6.61 Å². The second-order valence-electron chi connectivity index (χ2n) is 5.78. The number of nitrogens with zero attached hydrogens (tertiary/aromatic N) is 2. The van der Waals surface area contributed by atoms with Crippen molar-refractivity contribution >= 4 is 23.2 Å². The average molecular weight is 417 g/mol. The molecule has 0 bridgehead atoms. The van der Waals surface area contributed by atoms with Crippen LogP contribution in [0.4, 0.5) is 0 Å². The Balaban J connectivity index is 1.46. The summed E-state index contributed by atoms with van der Waals surface area (Å²) in [7, 11) is 1.62. The Labute approximate surface area is 170 Å². The van der Waals surface area contributed by atoms with E-state index in [-0.39, 0.29) is 12.5 Å². The van der Waals surface area contributed by atoms with Crippen molar-refractivity contribution in [3.8, 4) is 34.5 Å². The molecule has 0 amide bonds. The Morgan fingerprint density at radius 1 is 0.964 bits per heavy atom. The first-order valence-electron chi connectivity index (χ1n) is 8.27. The first-order chi connectivity index (χ1) is 13.6. The molecule has 2 aromatic heterocycles. The lowest BCUT2D eigenvalue weighted by Gasteiger charge is -2.05. The summed E-state index contributed by atoms with van der Waals surface area (Å²) in [4.78, 5) is 4.34.